The Morgan fingerprint density at radius 3 is 2.56 bits per heavy atom. The van der Waals surface area contributed by atoms with Crippen LogP contribution in [0.1, 0.15) is 11.1 Å². The fourth-order valence-electron chi connectivity index (χ4n) is 1.53. The van der Waals surface area contributed by atoms with Crippen molar-refractivity contribution in [2.45, 2.75) is 5.33 Å². The predicted octanol–water partition coefficient (Wildman–Crippen LogP) is 4.38. The molecule has 0 aliphatic rings. The third kappa shape index (κ3) is 2.52. The number of halogens is 2. The monoisotopic (exact) mass is 305 g/mol. The molecule has 0 saturated heterocycles. The van der Waals surface area contributed by atoms with E-state index in [9.17, 15) is 4.39 Å². The third-order valence-electron chi connectivity index (χ3n) is 2.42. The van der Waals surface area contributed by atoms with Crippen molar-refractivity contribution in [2.24, 2.45) is 0 Å². The number of alkyl halides is 1. The second-order valence-electron chi connectivity index (χ2n) is 3.57. The molecule has 0 aliphatic heterocycles. The summed E-state index contributed by atoms with van der Waals surface area (Å²) in [5.74, 6) is 0.258. The molecule has 2 aromatic rings. The molecule has 2 aromatic carbocycles. The van der Waals surface area contributed by atoms with Crippen molar-refractivity contribution < 1.29 is 9.13 Å². The molecule has 0 aliphatic carbocycles. The molecular formula is C14H9BrFNO. The van der Waals surface area contributed by atoms with Gasteiger partial charge in [0.15, 0.2) is 0 Å². The van der Waals surface area contributed by atoms with Crippen LogP contribution in [0.25, 0.3) is 0 Å². The van der Waals surface area contributed by atoms with E-state index in [0.717, 1.165) is 5.56 Å². The summed E-state index contributed by atoms with van der Waals surface area (Å²) in [6.07, 6.45) is 0. The van der Waals surface area contributed by atoms with Crippen molar-refractivity contribution in [1.29, 1.82) is 5.26 Å². The summed E-state index contributed by atoms with van der Waals surface area (Å²) in [4.78, 5) is 0. The van der Waals surface area contributed by atoms with Crippen molar-refractivity contribution in [3.05, 3.63) is 59.4 Å². The van der Waals surface area contributed by atoms with Crippen LogP contribution in [0.15, 0.2) is 42.5 Å². The number of benzene rings is 2. The van der Waals surface area contributed by atoms with E-state index < -0.39 is 5.82 Å². The Kier molecular flexibility index (Phi) is 3.96. The number of hydrogen-bond acceptors (Lipinski definition) is 2. The molecule has 0 bridgehead atoms. The van der Waals surface area contributed by atoms with Crippen LogP contribution in [-0.4, -0.2) is 0 Å². The number of rotatable bonds is 3. The van der Waals surface area contributed by atoms with Crippen LogP contribution in [-0.2, 0) is 5.33 Å². The number of para-hydroxylation sites is 1. The summed E-state index contributed by atoms with van der Waals surface area (Å²) in [5, 5.41) is 9.55. The maximum absolute atomic E-state index is 13.4. The van der Waals surface area contributed by atoms with E-state index in [1.54, 1.807) is 12.1 Å². The van der Waals surface area contributed by atoms with E-state index in [1.807, 2.05) is 24.3 Å². The van der Waals surface area contributed by atoms with Gasteiger partial charge in [0.05, 0.1) is 0 Å². The smallest absolute Gasteiger partial charge is 0.148 e. The van der Waals surface area contributed by atoms with E-state index in [0.29, 0.717) is 11.1 Å². The molecular weight excluding hydrogens is 297 g/mol. The quantitative estimate of drug-likeness (QED) is 0.788. The number of ether oxygens (including phenoxy) is 1. The lowest BCUT2D eigenvalue weighted by molar-refractivity contribution is 0.470. The lowest BCUT2D eigenvalue weighted by Gasteiger charge is -2.10. The summed E-state index contributed by atoms with van der Waals surface area (Å²) in [7, 11) is 0. The topological polar surface area (TPSA) is 33.0 Å². The minimum Gasteiger partial charge on any atom is -0.456 e. The SMILES string of the molecule is N#Cc1c(F)cccc1Oc1ccccc1CBr. The lowest BCUT2D eigenvalue weighted by atomic mass is 10.2. The van der Waals surface area contributed by atoms with Crippen molar-refractivity contribution in [2.75, 3.05) is 0 Å². The average Bonchev–Trinajstić information content (AvgIpc) is 2.40. The first-order valence-corrected chi connectivity index (χ1v) is 6.38. The highest BCUT2D eigenvalue weighted by atomic mass is 79.9. The van der Waals surface area contributed by atoms with Gasteiger partial charge in [-0.3, -0.25) is 0 Å². The summed E-state index contributed by atoms with van der Waals surface area (Å²) < 4.78 is 19.0. The second kappa shape index (κ2) is 5.65. The molecule has 0 amide bonds. The molecule has 0 saturated carbocycles. The summed E-state index contributed by atoms with van der Waals surface area (Å²) in [6.45, 7) is 0. The van der Waals surface area contributed by atoms with E-state index in [1.165, 1.54) is 12.1 Å². The zero-order valence-electron chi connectivity index (χ0n) is 9.36. The first-order valence-electron chi connectivity index (χ1n) is 5.26. The van der Waals surface area contributed by atoms with Crippen molar-refractivity contribution in [1.82, 2.24) is 0 Å². The maximum atomic E-state index is 13.4. The van der Waals surface area contributed by atoms with Crippen molar-refractivity contribution in [3.8, 4) is 17.6 Å². The Morgan fingerprint density at radius 2 is 1.83 bits per heavy atom. The van der Waals surface area contributed by atoms with Crippen LogP contribution in [0.2, 0.25) is 0 Å². The standard InChI is InChI=1S/C14H9BrFNO/c15-8-10-4-1-2-6-13(10)18-14-7-3-5-12(16)11(14)9-17/h1-7H,8H2. The van der Waals surface area contributed by atoms with Gasteiger partial charge in [-0.15, -0.1) is 0 Å². The van der Waals surface area contributed by atoms with Gasteiger partial charge in [0.1, 0.15) is 28.9 Å². The Hall–Kier alpha value is -1.86. The fourth-order valence-corrected chi connectivity index (χ4v) is 1.99. The number of nitrogens with zero attached hydrogens (tertiary/aromatic N) is 1. The van der Waals surface area contributed by atoms with Crippen molar-refractivity contribution >= 4 is 15.9 Å². The minimum atomic E-state index is -0.577. The Bertz CT molecular complexity index is 607. The molecule has 0 radical (unpaired) electrons. The van der Waals surface area contributed by atoms with Gasteiger partial charge in [-0.2, -0.15) is 5.26 Å². The highest BCUT2D eigenvalue weighted by Gasteiger charge is 2.11. The van der Waals surface area contributed by atoms with Gasteiger partial charge in [-0.1, -0.05) is 40.2 Å². The summed E-state index contributed by atoms with van der Waals surface area (Å²) in [5.41, 5.74) is 0.854. The molecule has 0 atom stereocenters. The zero-order valence-corrected chi connectivity index (χ0v) is 10.9. The molecule has 4 heteroatoms. The Balaban J connectivity index is 2.41. The van der Waals surface area contributed by atoms with E-state index in [4.69, 9.17) is 10.00 Å². The number of hydrogen-bond donors (Lipinski definition) is 0. The third-order valence-corrected chi connectivity index (χ3v) is 3.03. The molecule has 18 heavy (non-hydrogen) atoms. The summed E-state index contributed by atoms with van der Waals surface area (Å²) >= 11 is 3.35. The predicted molar refractivity (Wildman–Crippen MR) is 70.3 cm³/mol. The first kappa shape index (κ1) is 12.6. The largest absolute Gasteiger partial charge is 0.456 e. The van der Waals surface area contributed by atoms with Crippen LogP contribution in [0, 0.1) is 17.1 Å². The zero-order chi connectivity index (χ0) is 13.0. The molecule has 0 N–H and O–H groups in total. The van der Waals surface area contributed by atoms with Gasteiger partial charge in [0.2, 0.25) is 0 Å². The molecule has 0 unspecified atom stereocenters. The Morgan fingerprint density at radius 1 is 1.11 bits per heavy atom. The van der Waals surface area contributed by atoms with Gasteiger partial charge >= 0.3 is 0 Å². The van der Waals surface area contributed by atoms with Crippen LogP contribution in [0.4, 0.5) is 4.39 Å². The van der Waals surface area contributed by atoms with Crippen LogP contribution < -0.4 is 4.74 Å². The number of nitriles is 1. The van der Waals surface area contributed by atoms with Crippen LogP contribution in [0.5, 0.6) is 11.5 Å². The molecule has 0 fully saturated rings. The average molecular weight is 306 g/mol. The highest BCUT2D eigenvalue weighted by molar-refractivity contribution is 9.08. The normalized spacial score (nSPS) is 9.83. The van der Waals surface area contributed by atoms with Gasteiger partial charge < -0.3 is 4.74 Å². The van der Waals surface area contributed by atoms with Crippen molar-refractivity contribution in [3.63, 3.8) is 0 Å². The highest BCUT2D eigenvalue weighted by Crippen LogP contribution is 2.29. The van der Waals surface area contributed by atoms with Crippen LogP contribution in [0.3, 0.4) is 0 Å². The minimum absolute atomic E-state index is 0.0816. The second-order valence-corrected chi connectivity index (χ2v) is 4.13. The molecule has 0 heterocycles. The van der Waals surface area contributed by atoms with Gasteiger partial charge in [0.25, 0.3) is 0 Å². The first-order chi connectivity index (χ1) is 8.76. The Labute approximate surface area is 113 Å². The van der Waals surface area contributed by atoms with Gasteiger partial charge in [0, 0.05) is 10.9 Å². The molecule has 0 aromatic heterocycles. The van der Waals surface area contributed by atoms with E-state index in [2.05, 4.69) is 15.9 Å². The molecule has 0 spiro atoms. The maximum Gasteiger partial charge on any atom is 0.148 e. The molecule has 2 nitrogen and oxygen atoms in total. The van der Waals surface area contributed by atoms with Gasteiger partial charge in [-0.05, 0) is 18.2 Å². The van der Waals surface area contributed by atoms with Gasteiger partial charge in [-0.25, -0.2) is 4.39 Å². The van der Waals surface area contributed by atoms with E-state index >= 15 is 0 Å². The van der Waals surface area contributed by atoms with E-state index in [-0.39, 0.29) is 11.3 Å². The lowest BCUT2D eigenvalue weighted by Crippen LogP contribution is -1.93. The molecule has 2 rings (SSSR count). The fraction of sp³-hybridized carbons (Fsp3) is 0.0714. The van der Waals surface area contributed by atoms with Crippen LogP contribution >= 0.6 is 15.9 Å². The summed E-state index contributed by atoms with van der Waals surface area (Å²) in [6, 6.07) is 13.5. The molecule has 90 valence electrons.